The van der Waals surface area contributed by atoms with E-state index in [-0.39, 0.29) is 12.3 Å². The monoisotopic (exact) mass is 397 g/mol. The highest BCUT2D eigenvalue weighted by Gasteiger charge is 2.23. The maximum atomic E-state index is 12.7. The predicted octanol–water partition coefficient (Wildman–Crippen LogP) is 4.44. The fraction of sp³-hybridized carbons (Fsp3) is 0.154. The van der Waals surface area contributed by atoms with Crippen LogP contribution in [-0.4, -0.2) is 25.0 Å². The molecule has 0 unspecified atom stereocenters. The first-order valence-electron chi connectivity index (χ1n) is 9.95. The summed E-state index contributed by atoms with van der Waals surface area (Å²) in [6.07, 6.45) is 0.575. The van der Waals surface area contributed by atoms with Crippen molar-refractivity contribution in [3.05, 3.63) is 96.1 Å². The molecule has 1 N–H and O–H groups in total. The van der Waals surface area contributed by atoms with Gasteiger partial charge in [-0.2, -0.15) is 0 Å². The summed E-state index contributed by atoms with van der Waals surface area (Å²) in [5.74, 6) is -0.657. The van der Waals surface area contributed by atoms with Crippen LogP contribution in [0.15, 0.2) is 84.9 Å². The molecule has 4 rings (SSSR count). The zero-order chi connectivity index (χ0) is 20.9. The molecular weight excluding hydrogens is 374 g/mol. The first-order chi connectivity index (χ1) is 14.6. The molecule has 1 atom stereocenters. The lowest BCUT2D eigenvalue weighted by atomic mass is 9.98. The Kier molecular flexibility index (Phi) is 5.75. The molecule has 4 nitrogen and oxygen atoms in total. The summed E-state index contributed by atoms with van der Waals surface area (Å²) >= 11 is 0. The minimum atomic E-state index is -0.742. The summed E-state index contributed by atoms with van der Waals surface area (Å²) in [5.41, 5.74) is 1.90. The fourth-order valence-corrected chi connectivity index (χ4v) is 3.81. The molecule has 0 spiro atoms. The molecule has 0 heterocycles. The minimum Gasteiger partial charge on any atom is -0.467 e. The molecule has 0 aliphatic carbocycles. The number of ether oxygens (including phenoxy) is 1. The standard InChI is InChI=1S/C26H23NO3/c1-30-26(29)24(17-22-11-6-10-20-8-4-5-12-23(20)22)27-25(28)16-18-13-14-19-7-2-3-9-21(19)15-18/h2-15,24H,16-17H2,1H3,(H,27,28)/t24-/m0/s1. The molecule has 0 aliphatic heterocycles. The molecule has 0 bridgehead atoms. The zero-order valence-corrected chi connectivity index (χ0v) is 16.8. The van der Waals surface area contributed by atoms with E-state index in [1.54, 1.807) is 0 Å². The Morgan fingerprint density at radius 2 is 1.53 bits per heavy atom. The predicted molar refractivity (Wildman–Crippen MR) is 119 cm³/mol. The highest BCUT2D eigenvalue weighted by atomic mass is 16.5. The summed E-state index contributed by atoms with van der Waals surface area (Å²) < 4.78 is 4.95. The van der Waals surface area contributed by atoms with Crippen LogP contribution in [-0.2, 0) is 27.2 Å². The Morgan fingerprint density at radius 3 is 2.33 bits per heavy atom. The number of carbonyl (C=O) groups is 2. The van der Waals surface area contributed by atoms with Crippen LogP contribution < -0.4 is 5.32 Å². The first kappa shape index (κ1) is 19.6. The van der Waals surface area contributed by atoms with Gasteiger partial charge in [-0.05, 0) is 32.7 Å². The van der Waals surface area contributed by atoms with Gasteiger partial charge in [0.05, 0.1) is 13.5 Å². The van der Waals surface area contributed by atoms with Crippen LogP contribution in [0.1, 0.15) is 11.1 Å². The highest BCUT2D eigenvalue weighted by molar-refractivity contribution is 5.89. The molecule has 4 aromatic rings. The molecular formula is C26H23NO3. The summed E-state index contributed by atoms with van der Waals surface area (Å²) in [6.45, 7) is 0. The van der Waals surface area contributed by atoms with Crippen LogP contribution in [0.2, 0.25) is 0 Å². The Morgan fingerprint density at radius 1 is 0.833 bits per heavy atom. The number of fused-ring (bicyclic) bond motifs is 2. The second-order valence-corrected chi connectivity index (χ2v) is 7.34. The van der Waals surface area contributed by atoms with Crippen molar-refractivity contribution < 1.29 is 14.3 Å². The third kappa shape index (κ3) is 4.33. The van der Waals surface area contributed by atoms with Crippen molar-refractivity contribution in [3.63, 3.8) is 0 Å². The van der Waals surface area contributed by atoms with E-state index in [0.29, 0.717) is 6.42 Å². The largest absolute Gasteiger partial charge is 0.467 e. The molecule has 0 saturated carbocycles. The van der Waals surface area contributed by atoms with Gasteiger partial charge in [0.25, 0.3) is 0 Å². The van der Waals surface area contributed by atoms with E-state index in [2.05, 4.69) is 5.32 Å². The molecule has 4 aromatic carbocycles. The van der Waals surface area contributed by atoms with Gasteiger partial charge in [0.15, 0.2) is 0 Å². The van der Waals surface area contributed by atoms with Gasteiger partial charge in [0.2, 0.25) is 5.91 Å². The maximum Gasteiger partial charge on any atom is 0.328 e. The molecule has 0 aliphatic rings. The SMILES string of the molecule is COC(=O)[C@H](Cc1cccc2ccccc12)NC(=O)Cc1ccc2ccccc2c1. The quantitative estimate of drug-likeness (QED) is 0.490. The zero-order valence-electron chi connectivity index (χ0n) is 16.8. The lowest BCUT2D eigenvalue weighted by Crippen LogP contribution is -2.43. The summed E-state index contributed by atoms with van der Waals surface area (Å²) in [5, 5.41) is 7.25. The molecule has 0 radical (unpaired) electrons. The van der Waals surface area contributed by atoms with E-state index >= 15 is 0 Å². The van der Waals surface area contributed by atoms with Crippen molar-refractivity contribution in [2.24, 2.45) is 0 Å². The lowest BCUT2D eigenvalue weighted by molar-refractivity contribution is -0.145. The normalized spacial score (nSPS) is 11.9. The van der Waals surface area contributed by atoms with Gasteiger partial charge in [-0.3, -0.25) is 4.79 Å². The average molecular weight is 397 g/mol. The van der Waals surface area contributed by atoms with Crippen LogP contribution in [0.3, 0.4) is 0 Å². The van der Waals surface area contributed by atoms with Gasteiger partial charge in [-0.15, -0.1) is 0 Å². The van der Waals surface area contributed by atoms with E-state index in [1.807, 2.05) is 84.9 Å². The van der Waals surface area contributed by atoms with Crippen LogP contribution >= 0.6 is 0 Å². The second kappa shape index (κ2) is 8.78. The van der Waals surface area contributed by atoms with E-state index < -0.39 is 12.0 Å². The van der Waals surface area contributed by atoms with Crippen molar-refractivity contribution in [1.82, 2.24) is 5.32 Å². The number of carbonyl (C=O) groups excluding carboxylic acids is 2. The Labute approximate surface area is 175 Å². The number of hydrogen-bond acceptors (Lipinski definition) is 3. The number of methoxy groups -OCH3 is 1. The Hall–Kier alpha value is -3.66. The first-order valence-corrected chi connectivity index (χ1v) is 9.95. The van der Waals surface area contributed by atoms with E-state index in [1.165, 1.54) is 7.11 Å². The number of hydrogen-bond donors (Lipinski definition) is 1. The topological polar surface area (TPSA) is 55.4 Å². The molecule has 30 heavy (non-hydrogen) atoms. The Balaban J connectivity index is 1.52. The van der Waals surface area contributed by atoms with Crippen molar-refractivity contribution in [2.45, 2.75) is 18.9 Å². The van der Waals surface area contributed by atoms with Crippen LogP contribution in [0, 0.1) is 0 Å². The van der Waals surface area contributed by atoms with E-state index in [0.717, 1.165) is 32.7 Å². The van der Waals surface area contributed by atoms with Gasteiger partial charge >= 0.3 is 5.97 Å². The lowest BCUT2D eigenvalue weighted by Gasteiger charge is -2.18. The van der Waals surface area contributed by atoms with E-state index in [9.17, 15) is 9.59 Å². The van der Waals surface area contributed by atoms with Crippen LogP contribution in [0.25, 0.3) is 21.5 Å². The molecule has 0 fully saturated rings. The summed E-state index contributed by atoms with van der Waals surface area (Å²) in [6, 6.07) is 27.2. The number of amides is 1. The molecule has 150 valence electrons. The van der Waals surface area contributed by atoms with Gasteiger partial charge < -0.3 is 10.1 Å². The van der Waals surface area contributed by atoms with E-state index in [4.69, 9.17) is 4.74 Å². The van der Waals surface area contributed by atoms with Crippen molar-refractivity contribution >= 4 is 33.4 Å². The fourth-order valence-electron chi connectivity index (χ4n) is 3.81. The minimum absolute atomic E-state index is 0.202. The number of esters is 1. The van der Waals surface area contributed by atoms with Crippen LogP contribution in [0.4, 0.5) is 0 Å². The van der Waals surface area contributed by atoms with Crippen LogP contribution in [0.5, 0.6) is 0 Å². The average Bonchev–Trinajstić information content (AvgIpc) is 2.78. The number of rotatable bonds is 6. The third-order valence-corrected chi connectivity index (χ3v) is 5.30. The Bertz CT molecular complexity index is 1210. The number of nitrogens with one attached hydrogen (secondary N) is 1. The van der Waals surface area contributed by atoms with Gasteiger partial charge in [0, 0.05) is 6.42 Å². The smallest absolute Gasteiger partial charge is 0.328 e. The molecule has 4 heteroatoms. The highest BCUT2D eigenvalue weighted by Crippen LogP contribution is 2.20. The van der Waals surface area contributed by atoms with Crippen molar-refractivity contribution in [3.8, 4) is 0 Å². The van der Waals surface area contributed by atoms with Gasteiger partial charge in [-0.1, -0.05) is 84.9 Å². The third-order valence-electron chi connectivity index (χ3n) is 5.30. The molecule has 1 amide bonds. The van der Waals surface area contributed by atoms with Gasteiger partial charge in [0.1, 0.15) is 6.04 Å². The number of benzene rings is 4. The molecule has 0 saturated heterocycles. The van der Waals surface area contributed by atoms with Crippen molar-refractivity contribution in [1.29, 1.82) is 0 Å². The molecule has 0 aromatic heterocycles. The van der Waals surface area contributed by atoms with Crippen molar-refractivity contribution in [2.75, 3.05) is 7.11 Å². The summed E-state index contributed by atoms with van der Waals surface area (Å²) in [4.78, 5) is 25.1. The summed E-state index contributed by atoms with van der Waals surface area (Å²) in [7, 11) is 1.34. The second-order valence-electron chi connectivity index (χ2n) is 7.34. The van der Waals surface area contributed by atoms with Gasteiger partial charge in [-0.25, -0.2) is 4.79 Å². The maximum absolute atomic E-state index is 12.7.